The molecular weight excluding hydrogens is 350 g/mol. The van der Waals surface area contributed by atoms with Gasteiger partial charge in [0.1, 0.15) is 5.75 Å². The van der Waals surface area contributed by atoms with Gasteiger partial charge in [-0.2, -0.15) is 13.2 Å². The SMILES string of the molecule is CCOc1ccc(Br)cc1[C@@H](N)[C@@H](O)C(F)(F)F.Cl. The lowest BCUT2D eigenvalue weighted by atomic mass is 10.0. The highest BCUT2D eigenvalue weighted by Crippen LogP contribution is 2.34. The average molecular weight is 365 g/mol. The monoisotopic (exact) mass is 363 g/mol. The maximum atomic E-state index is 12.4. The fourth-order valence-corrected chi connectivity index (χ4v) is 1.82. The molecule has 8 heteroatoms. The molecule has 0 spiro atoms. The molecule has 3 nitrogen and oxygen atoms in total. The molecule has 0 heterocycles. The number of halogens is 5. The Labute approximate surface area is 123 Å². The summed E-state index contributed by atoms with van der Waals surface area (Å²) in [7, 11) is 0. The molecule has 3 N–H and O–H groups in total. The quantitative estimate of drug-likeness (QED) is 0.863. The van der Waals surface area contributed by atoms with Crippen LogP contribution in [-0.4, -0.2) is 24.0 Å². The van der Waals surface area contributed by atoms with Gasteiger partial charge in [0.2, 0.25) is 0 Å². The Morgan fingerprint density at radius 2 is 2.00 bits per heavy atom. The van der Waals surface area contributed by atoms with Crippen molar-refractivity contribution in [2.45, 2.75) is 25.2 Å². The summed E-state index contributed by atoms with van der Waals surface area (Å²) in [6.07, 6.45) is -7.41. The van der Waals surface area contributed by atoms with Crippen molar-refractivity contribution in [3.63, 3.8) is 0 Å². The first-order valence-corrected chi connectivity index (χ1v) is 5.99. The maximum Gasteiger partial charge on any atom is 0.416 e. The van der Waals surface area contributed by atoms with Gasteiger partial charge in [-0.25, -0.2) is 0 Å². The van der Waals surface area contributed by atoms with Gasteiger partial charge in [-0.3, -0.25) is 0 Å². The van der Waals surface area contributed by atoms with Crippen LogP contribution < -0.4 is 10.5 Å². The predicted molar refractivity (Wildman–Crippen MR) is 71.5 cm³/mol. The van der Waals surface area contributed by atoms with E-state index in [0.717, 1.165) is 0 Å². The molecule has 0 aliphatic carbocycles. The number of aliphatic hydroxyl groups excluding tert-OH is 1. The third-order valence-corrected chi connectivity index (χ3v) is 2.80. The van der Waals surface area contributed by atoms with Crippen LogP contribution in [0.25, 0.3) is 0 Å². The number of aliphatic hydroxyl groups is 1. The van der Waals surface area contributed by atoms with Crippen LogP contribution in [0.3, 0.4) is 0 Å². The van der Waals surface area contributed by atoms with E-state index in [-0.39, 0.29) is 23.7 Å². The average Bonchev–Trinajstić information content (AvgIpc) is 2.28. The van der Waals surface area contributed by atoms with Gasteiger partial charge in [-0.15, -0.1) is 12.4 Å². The third-order valence-electron chi connectivity index (χ3n) is 2.31. The lowest BCUT2D eigenvalue weighted by molar-refractivity contribution is -0.210. The van der Waals surface area contributed by atoms with Gasteiger partial charge in [-0.05, 0) is 25.1 Å². The Morgan fingerprint density at radius 1 is 1.42 bits per heavy atom. The van der Waals surface area contributed by atoms with Gasteiger partial charge in [-0.1, -0.05) is 15.9 Å². The fourth-order valence-electron chi connectivity index (χ4n) is 1.44. The second-order valence-electron chi connectivity index (χ2n) is 3.63. The highest BCUT2D eigenvalue weighted by Gasteiger charge is 2.43. The van der Waals surface area contributed by atoms with Crippen LogP contribution in [0.5, 0.6) is 5.75 Å². The van der Waals surface area contributed by atoms with Crippen LogP contribution in [0.2, 0.25) is 0 Å². The molecule has 0 saturated heterocycles. The topological polar surface area (TPSA) is 55.5 Å². The molecule has 0 amide bonds. The minimum Gasteiger partial charge on any atom is -0.494 e. The molecule has 110 valence electrons. The number of hydrogen-bond donors (Lipinski definition) is 2. The van der Waals surface area contributed by atoms with Crippen molar-refractivity contribution in [3.8, 4) is 5.75 Å². The van der Waals surface area contributed by atoms with Crippen LogP contribution in [0.1, 0.15) is 18.5 Å². The largest absolute Gasteiger partial charge is 0.494 e. The highest BCUT2D eigenvalue weighted by molar-refractivity contribution is 9.10. The van der Waals surface area contributed by atoms with Crippen LogP contribution in [0.15, 0.2) is 22.7 Å². The van der Waals surface area contributed by atoms with E-state index < -0.39 is 18.3 Å². The third kappa shape index (κ3) is 4.83. The molecule has 0 aliphatic heterocycles. The second kappa shape index (κ2) is 7.33. The van der Waals surface area contributed by atoms with Gasteiger partial charge in [0, 0.05) is 10.0 Å². The minimum atomic E-state index is -4.77. The predicted octanol–water partition coefficient (Wildman–Crippen LogP) is 3.19. The van der Waals surface area contributed by atoms with Gasteiger partial charge >= 0.3 is 6.18 Å². The zero-order chi connectivity index (χ0) is 13.9. The molecule has 1 rings (SSSR count). The Hall–Kier alpha value is -0.500. The normalized spacial score (nSPS) is 14.5. The zero-order valence-electron chi connectivity index (χ0n) is 9.95. The van der Waals surface area contributed by atoms with Crippen molar-refractivity contribution >= 4 is 28.3 Å². The number of hydrogen-bond acceptors (Lipinski definition) is 3. The van der Waals surface area contributed by atoms with Crippen molar-refractivity contribution in [3.05, 3.63) is 28.2 Å². The fraction of sp³-hybridized carbons (Fsp3) is 0.455. The van der Waals surface area contributed by atoms with E-state index in [9.17, 15) is 18.3 Å². The molecule has 0 saturated carbocycles. The van der Waals surface area contributed by atoms with Crippen LogP contribution >= 0.6 is 28.3 Å². The minimum absolute atomic E-state index is 0. The number of nitrogens with two attached hydrogens (primary N) is 1. The van der Waals surface area contributed by atoms with Crippen LogP contribution in [-0.2, 0) is 0 Å². The Morgan fingerprint density at radius 3 is 2.47 bits per heavy atom. The standard InChI is InChI=1S/C11H13BrF3NO2.ClH/c1-2-18-8-4-3-6(12)5-7(8)9(16)10(17)11(13,14)15;/h3-5,9-10,17H,2,16H2,1H3;1H/t9-,10-;/m1./s1. The van der Waals surface area contributed by atoms with E-state index in [1.54, 1.807) is 13.0 Å². The first kappa shape index (κ1) is 18.5. The van der Waals surface area contributed by atoms with E-state index in [1.807, 2.05) is 0 Å². The van der Waals surface area contributed by atoms with E-state index in [1.165, 1.54) is 12.1 Å². The van der Waals surface area contributed by atoms with E-state index in [2.05, 4.69) is 15.9 Å². The molecule has 0 bridgehead atoms. The molecule has 0 aliphatic rings. The molecule has 0 fully saturated rings. The second-order valence-corrected chi connectivity index (χ2v) is 4.54. The van der Waals surface area contributed by atoms with Crippen molar-refractivity contribution in [2.75, 3.05) is 6.61 Å². The first-order valence-electron chi connectivity index (χ1n) is 5.20. The smallest absolute Gasteiger partial charge is 0.416 e. The summed E-state index contributed by atoms with van der Waals surface area (Å²) in [5.41, 5.74) is 5.56. The molecule has 0 aromatic heterocycles. The number of alkyl halides is 3. The van der Waals surface area contributed by atoms with Gasteiger partial charge < -0.3 is 15.6 Å². The Balaban J connectivity index is 0.00000324. The summed E-state index contributed by atoms with van der Waals surface area (Å²) in [6.45, 7) is 2.00. The number of rotatable bonds is 4. The molecular formula is C11H14BrClF3NO2. The number of benzene rings is 1. The summed E-state index contributed by atoms with van der Waals surface area (Å²) in [5, 5.41) is 9.17. The first-order chi connectivity index (χ1) is 8.27. The van der Waals surface area contributed by atoms with Crippen molar-refractivity contribution in [2.24, 2.45) is 5.73 Å². The molecule has 1 aromatic carbocycles. The van der Waals surface area contributed by atoms with Crippen LogP contribution in [0, 0.1) is 0 Å². The van der Waals surface area contributed by atoms with Crippen molar-refractivity contribution in [1.82, 2.24) is 0 Å². The van der Waals surface area contributed by atoms with Crippen molar-refractivity contribution < 1.29 is 23.0 Å². The summed E-state index contributed by atoms with van der Waals surface area (Å²) in [5.74, 6) is 0.233. The van der Waals surface area contributed by atoms with E-state index in [4.69, 9.17) is 10.5 Å². The summed E-state index contributed by atoms with van der Waals surface area (Å²) in [4.78, 5) is 0. The van der Waals surface area contributed by atoms with Crippen molar-refractivity contribution in [1.29, 1.82) is 0 Å². The number of ether oxygens (including phenoxy) is 1. The Bertz CT molecular complexity index is 417. The van der Waals surface area contributed by atoms with Gasteiger partial charge in [0.15, 0.2) is 6.10 Å². The summed E-state index contributed by atoms with van der Waals surface area (Å²) >= 11 is 3.14. The molecule has 0 radical (unpaired) electrons. The lowest BCUT2D eigenvalue weighted by Gasteiger charge is -2.23. The Kier molecular flexibility index (Phi) is 7.13. The zero-order valence-corrected chi connectivity index (χ0v) is 12.3. The molecule has 1 aromatic rings. The van der Waals surface area contributed by atoms with E-state index >= 15 is 0 Å². The highest BCUT2D eigenvalue weighted by atomic mass is 79.9. The van der Waals surface area contributed by atoms with Gasteiger partial charge in [0.05, 0.1) is 12.6 Å². The summed E-state index contributed by atoms with van der Waals surface area (Å²) in [6, 6.07) is 2.95. The van der Waals surface area contributed by atoms with Crippen LogP contribution in [0.4, 0.5) is 13.2 Å². The maximum absolute atomic E-state index is 12.4. The van der Waals surface area contributed by atoms with E-state index in [0.29, 0.717) is 11.1 Å². The lowest BCUT2D eigenvalue weighted by Crippen LogP contribution is -2.39. The molecule has 2 atom stereocenters. The van der Waals surface area contributed by atoms with Gasteiger partial charge in [0.25, 0.3) is 0 Å². The molecule has 19 heavy (non-hydrogen) atoms. The summed E-state index contributed by atoms with van der Waals surface area (Å²) < 4.78 is 43.0. The molecule has 0 unspecified atom stereocenters.